The Morgan fingerprint density at radius 2 is 2.14 bits per heavy atom. The Bertz CT molecular complexity index is 790. The average Bonchev–Trinajstić information content (AvgIpc) is 2.85. The average molecular weight is 384 g/mol. The van der Waals surface area contributed by atoms with Crippen molar-refractivity contribution in [2.45, 2.75) is 6.92 Å². The Kier molecular flexibility index (Phi) is 4.33. The summed E-state index contributed by atoms with van der Waals surface area (Å²) in [4.78, 5) is 4.56. The Hall–Kier alpha value is -1.30. The van der Waals surface area contributed by atoms with Crippen LogP contribution in [-0.2, 0) is 0 Å². The van der Waals surface area contributed by atoms with Crippen LogP contribution in [-0.4, -0.2) is 11.6 Å². The van der Waals surface area contributed by atoms with Crippen molar-refractivity contribution in [1.82, 2.24) is 4.98 Å². The molecule has 6 heteroatoms. The Balaban J connectivity index is 1.88. The molecule has 0 fully saturated rings. The van der Waals surface area contributed by atoms with Crippen molar-refractivity contribution >= 4 is 59.9 Å². The molecule has 3 rings (SSSR count). The van der Waals surface area contributed by atoms with E-state index in [2.05, 4.69) is 26.2 Å². The number of nitrogens with zero attached hydrogens (tertiary/aromatic N) is 1. The maximum Gasteiger partial charge on any atom is 0.188 e. The highest BCUT2D eigenvalue weighted by molar-refractivity contribution is 9.10. The van der Waals surface area contributed by atoms with Gasteiger partial charge in [-0.3, -0.25) is 0 Å². The second-order valence-corrected chi connectivity index (χ2v) is 6.63. The van der Waals surface area contributed by atoms with Crippen molar-refractivity contribution in [3.8, 4) is 5.75 Å². The van der Waals surface area contributed by atoms with Gasteiger partial charge in [0.1, 0.15) is 5.75 Å². The van der Waals surface area contributed by atoms with Crippen LogP contribution in [0.1, 0.15) is 6.92 Å². The second-order valence-electron chi connectivity index (χ2n) is 4.34. The van der Waals surface area contributed by atoms with Gasteiger partial charge in [-0.15, -0.1) is 0 Å². The first-order valence-electron chi connectivity index (χ1n) is 6.41. The van der Waals surface area contributed by atoms with E-state index in [0.717, 1.165) is 31.3 Å². The topological polar surface area (TPSA) is 34.1 Å². The maximum atomic E-state index is 5.99. The Morgan fingerprint density at radius 1 is 1.29 bits per heavy atom. The van der Waals surface area contributed by atoms with Crippen LogP contribution >= 0.6 is 38.9 Å². The lowest BCUT2D eigenvalue weighted by Crippen LogP contribution is -1.90. The van der Waals surface area contributed by atoms with Gasteiger partial charge in [-0.1, -0.05) is 22.9 Å². The molecule has 0 aliphatic heterocycles. The molecule has 0 spiro atoms. The maximum absolute atomic E-state index is 5.99. The van der Waals surface area contributed by atoms with E-state index in [1.54, 1.807) is 11.3 Å². The fraction of sp³-hybridized carbons (Fsp3) is 0.133. The molecule has 3 aromatic rings. The van der Waals surface area contributed by atoms with Crippen molar-refractivity contribution in [3.05, 3.63) is 45.9 Å². The number of anilines is 2. The van der Waals surface area contributed by atoms with Gasteiger partial charge in [0.05, 0.1) is 21.8 Å². The molecular weight excluding hydrogens is 372 g/mol. The van der Waals surface area contributed by atoms with Gasteiger partial charge in [-0.2, -0.15) is 0 Å². The van der Waals surface area contributed by atoms with Crippen LogP contribution in [0.4, 0.5) is 10.8 Å². The highest BCUT2D eigenvalue weighted by Gasteiger charge is 2.06. The number of halogens is 2. The molecule has 0 saturated carbocycles. The molecular formula is C15H12BrClN2OS. The summed E-state index contributed by atoms with van der Waals surface area (Å²) in [5.41, 5.74) is 1.90. The molecule has 1 N–H and O–H groups in total. The van der Waals surface area contributed by atoms with E-state index in [4.69, 9.17) is 16.3 Å². The van der Waals surface area contributed by atoms with Gasteiger partial charge in [0.15, 0.2) is 5.13 Å². The summed E-state index contributed by atoms with van der Waals surface area (Å²) in [5.74, 6) is 0.870. The fourth-order valence-corrected chi connectivity index (χ4v) is 3.32. The predicted molar refractivity (Wildman–Crippen MR) is 93.2 cm³/mol. The van der Waals surface area contributed by atoms with Crippen LogP contribution in [0.3, 0.4) is 0 Å². The van der Waals surface area contributed by atoms with Gasteiger partial charge >= 0.3 is 0 Å². The molecule has 1 aromatic heterocycles. The lowest BCUT2D eigenvalue weighted by atomic mass is 10.3. The number of nitrogens with one attached hydrogen (secondary N) is 1. The van der Waals surface area contributed by atoms with E-state index in [1.165, 1.54) is 0 Å². The van der Waals surface area contributed by atoms with Gasteiger partial charge in [0.25, 0.3) is 0 Å². The third-order valence-corrected chi connectivity index (χ3v) is 4.99. The zero-order valence-corrected chi connectivity index (χ0v) is 14.3. The summed E-state index contributed by atoms with van der Waals surface area (Å²) < 4.78 is 7.46. The molecule has 0 aliphatic rings. The summed E-state index contributed by atoms with van der Waals surface area (Å²) in [6.07, 6.45) is 0. The lowest BCUT2D eigenvalue weighted by molar-refractivity contribution is 0.341. The first-order valence-corrected chi connectivity index (χ1v) is 8.40. The molecule has 0 bridgehead atoms. The van der Waals surface area contributed by atoms with Crippen LogP contribution < -0.4 is 10.1 Å². The van der Waals surface area contributed by atoms with Crippen LogP contribution in [0.25, 0.3) is 10.2 Å². The zero-order valence-electron chi connectivity index (χ0n) is 11.2. The van der Waals surface area contributed by atoms with Gasteiger partial charge in [-0.25, -0.2) is 4.98 Å². The monoisotopic (exact) mass is 382 g/mol. The standard InChI is InChI=1S/C15H12BrClN2OS/c1-2-20-10-4-6-13-14(8-10)21-15(19-13)18-9-3-5-12(17)11(16)7-9/h3-8H,2H2,1H3,(H,18,19). The summed E-state index contributed by atoms with van der Waals surface area (Å²) in [7, 11) is 0. The lowest BCUT2D eigenvalue weighted by Gasteiger charge is -2.03. The first-order chi connectivity index (χ1) is 10.2. The molecule has 0 saturated heterocycles. The van der Waals surface area contributed by atoms with Crippen molar-refractivity contribution < 1.29 is 4.74 Å². The van der Waals surface area contributed by atoms with E-state index < -0.39 is 0 Å². The number of rotatable bonds is 4. The van der Waals surface area contributed by atoms with E-state index in [1.807, 2.05) is 43.3 Å². The number of fused-ring (bicyclic) bond motifs is 1. The van der Waals surface area contributed by atoms with E-state index >= 15 is 0 Å². The minimum absolute atomic E-state index is 0.661. The number of aromatic nitrogens is 1. The van der Waals surface area contributed by atoms with Crippen molar-refractivity contribution in [1.29, 1.82) is 0 Å². The third-order valence-electron chi connectivity index (χ3n) is 2.84. The zero-order chi connectivity index (χ0) is 14.8. The molecule has 0 unspecified atom stereocenters. The van der Waals surface area contributed by atoms with E-state index in [9.17, 15) is 0 Å². The number of benzene rings is 2. The van der Waals surface area contributed by atoms with Crippen LogP contribution in [0, 0.1) is 0 Å². The Morgan fingerprint density at radius 3 is 2.90 bits per heavy atom. The highest BCUT2D eigenvalue weighted by Crippen LogP contribution is 2.32. The van der Waals surface area contributed by atoms with Gasteiger partial charge < -0.3 is 10.1 Å². The molecule has 0 aliphatic carbocycles. The number of ether oxygens (including phenoxy) is 1. The van der Waals surface area contributed by atoms with Crippen LogP contribution in [0.2, 0.25) is 5.02 Å². The van der Waals surface area contributed by atoms with Crippen molar-refractivity contribution in [3.63, 3.8) is 0 Å². The van der Waals surface area contributed by atoms with Crippen molar-refractivity contribution in [2.75, 3.05) is 11.9 Å². The van der Waals surface area contributed by atoms with E-state index in [-0.39, 0.29) is 0 Å². The summed E-state index contributed by atoms with van der Waals surface area (Å²) in [5, 5.41) is 4.82. The molecule has 3 nitrogen and oxygen atoms in total. The fourth-order valence-electron chi connectivity index (χ4n) is 1.91. The number of thiazole rings is 1. The smallest absolute Gasteiger partial charge is 0.188 e. The normalized spacial score (nSPS) is 10.8. The molecule has 0 radical (unpaired) electrons. The predicted octanol–water partition coefficient (Wildman–Crippen LogP) is 5.85. The second kappa shape index (κ2) is 6.22. The first kappa shape index (κ1) is 14.6. The Labute approximate surface area is 140 Å². The molecule has 0 amide bonds. The highest BCUT2D eigenvalue weighted by atomic mass is 79.9. The molecule has 108 valence electrons. The third kappa shape index (κ3) is 3.31. The summed E-state index contributed by atoms with van der Waals surface area (Å²) >= 11 is 11.0. The van der Waals surface area contributed by atoms with Crippen LogP contribution in [0.5, 0.6) is 5.75 Å². The molecule has 2 aromatic carbocycles. The van der Waals surface area contributed by atoms with Gasteiger partial charge in [-0.05, 0) is 59.3 Å². The minimum Gasteiger partial charge on any atom is -0.494 e. The largest absolute Gasteiger partial charge is 0.494 e. The number of hydrogen-bond donors (Lipinski definition) is 1. The summed E-state index contributed by atoms with van der Waals surface area (Å²) in [6, 6.07) is 11.6. The minimum atomic E-state index is 0.661. The van der Waals surface area contributed by atoms with Gasteiger partial charge in [0.2, 0.25) is 0 Å². The molecule has 1 heterocycles. The summed E-state index contributed by atoms with van der Waals surface area (Å²) in [6.45, 7) is 2.64. The molecule has 0 atom stereocenters. The van der Waals surface area contributed by atoms with E-state index in [0.29, 0.717) is 11.6 Å². The van der Waals surface area contributed by atoms with Crippen LogP contribution in [0.15, 0.2) is 40.9 Å². The molecule has 21 heavy (non-hydrogen) atoms. The number of hydrogen-bond acceptors (Lipinski definition) is 4. The quantitative estimate of drug-likeness (QED) is 0.613. The van der Waals surface area contributed by atoms with Gasteiger partial charge in [0, 0.05) is 10.2 Å². The van der Waals surface area contributed by atoms with Crippen molar-refractivity contribution in [2.24, 2.45) is 0 Å². The SMILES string of the molecule is CCOc1ccc2nc(Nc3ccc(Cl)c(Br)c3)sc2c1.